The first-order valence-corrected chi connectivity index (χ1v) is 19.7. The van der Waals surface area contributed by atoms with Crippen molar-refractivity contribution in [2.75, 3.05) is 0 Å². The summed E-state index contributed by atoms with van der Waals surface area (Å²) < 4.78 is 0. The lowest BCUT2D eigenvalue weighted by molar-refractivity contribution is 0.758. The van der Waals surface area contributed by atoms with Gasteiger partial charge in [-0.2, -0.15) is 0 Å². The molecular weight excluding hydrogens is 677 g/mol. The number of fused-ring (bicyclic) bond motifs is 11. The Morgan fingerprint density at radius 2 is 0.982 bits per heavy atom. The molecule has 1 spiro atoms. The lowest BCUT2D eigenvalue weighted by Gasteiger charge is -2.30. The largest absolute Gasteiger partial charge is 0.231 e. The number of rotatable bonds is 7. The van der Waals surface area contributed by atoms with E-state index in [1.807, 2.05) is 0 Å². The van der Waals surface area contributed by atoms with Crippen molar-refractivity contribution in [3.8, 4) is 56.0 Å². The molecule has 1 heterocycles. The summed E-state index contributed by atoms with van der Waals surface area (Å²) in [7, 11) is 0. The molecule has 1 atom stereocenters. The third-order valence-corrected chi connectivity index (χ3v) is 12.0. The van der Waals surface area contributed by atoms with Crippen molar-refractivity contribution in [2.24, 2.45) is 0 Å². The van der Waals surface area contributed by atoms with Crippen molar-refractivity contribution >= 4 is 10.8 Å². The summed E-state index contributed by atoms with van der Waals surface area (Å²) in [4.78, 5) is 11.2. The van der Waals surface area contributed by atoms with Gasteiger partial charge in [0.25, 0.3) is 0 Å². The quantitative estimate of drug-likeness (QED) is 0.164. The van der Waals surface area contributed by atoms with E-state index in [1.54, 1.807) is 0 Å². The van der Waals surface area contributed by atoms with Crippen LogP contribution in [-0.2, 0) is 18.3 Å². The van der Waals surface area contributed by atoms with Crippen LogP contribution in [0.4, 0.5) is 0 Å². The number of hydrogen-bond acceptors (Lipinski definition) is 2. The molecule has 264 valence electrons. The van der Waals surface area contributed by atoms with E-state index in [0.717, 1.165) is 53.2 Å². The van der Waals surface area contributed by atoms with E-state index in [-0.39, 0.29) is 0 Å². The van der Waals surface area contributed by atoms with Crippen molar-refractivity contribution < 1.29 is 0 Å². The van der Waals surface area contributed by atoms with Crippen LogP contribution in [0, 0.1) is 0 Å². The van der Waals surface area contributed by atoms with Crippen LogP contribution in [0.1, 0.15) is 39.9 Å². The number of aryl methyl sites for hydroxylation is 2. The zero-order valence-electron chi connectivity index (χ0n) is 31.0. The minimum atomic E-state index is -0.628. The highest BCUT2D eigenvalue weighted by molar-refractivity contribution is 6.04. The molecule has 0 bridgehead atoms. The monoisotopic (exact) mass is 714 g/mol. The Morgan fingerprint density at radius 1 is 0.393 bits per heavy atom. The van der Waals surface area contributed by atoms with Gasteiger partial charge in [0.15, 0.2) is 5.82 Å². The molecule has 2 aliphatic carbocycles. The summed E-state index contributed by atoms with van der Waals surface area (Å²) in [5, 5.41) is 2.38. The lowest BCUT2D eigenvalue weighted by Crippen LogP contribution is -2.27. The molecule has 0 N–H and O–H groups in total. The average molecular weight is 715 g/mol. The standard InChI is InChI=1S/C54H38N2/c1-3-15-36(16-4-1)17-13-18-37-29-31-38(32-30-37)41-33-34-44-43-24-9-11-27-47(43)54(49(44)35-41)48-28-12-10-25-46(48)50-51(45-26-14-22-39-19-7-8-23-42(39)45)55-53(56-52(50)54)40-20-5-2-6-21-40/h1-12,14-16,19-35H,13,17-18H2. The normalized spacial score (nSPS) is 14.7. The lowest BCUT2D eigenvalue weighted by atomic mass is 9.72. The molecule has 2 nitrogen and oxygen atoms in total. The van der Waals surface area contributed by atoms with Gasteiger partial charge in [-0.1, -0.05) is 188 Å². The van der Waals surface area contributed by atoms with E-state index in [9.17, 15) is 0 Å². The first kappa shape index (κ1) is 32.5. The number of benzene rings is 8. The summed E-state index contributed by atoms with van der Waals surface area (Å²) in [6, 6.07) is 70.8. The van der Waals surface area contributed by atoms with E-state index in [2.05, 4.69) is 194 Å². The number of nitrogens with zero attached hydrogens (tertiary/aromatic N) is 2. The van der Waals surface area contributed by atoms with Gasteiger partial charge in [-0.25, -0.2) is 9.97 Å². The van der Waals surface area contributed by atoms with Crippen LogP contribution in [0.3, 0.4) is 0 Å². The zero-order chi connectivity index (χ0) is 37.1. The molecule has 1 aromatic heterocycles. The van der Waals surface area contributed by atoms with Crippen molar-refractivity contribution in [1.29, 1.82) is 0 Å². The third-order valence-electron chi connectivity index (χ3n) is 12.0. The Kier molecular flexibility index (Phi) is 7.63. The van der Waals surface area contributed by atoms with Crippen molar-refractivity contribution in [2.45, 2.75) is 24.7 Å². The summed E-state index contributed by atoms with van der Waals surface area (Å²) in [5.74, 6) is 0.740. The Balaban J connectivity index is 1.12. The van der Waals surface area contributed by atoms with Crippen LogP contribution in [0.15, 0.2) is 194 Å². The number of hydrogen-bond donors (Lipinski definition) is 0. The molecular formula is C54H38N2. The van der Waals surface area contributed by atoms with Crippen LogP contribution in [0.5, 0.6) is 0 Å². The first-order valence-electron chi connectivity index (χ1n) is 19.7. The van der Waals surface area contributed by atoms with Gasteiger partial charge in [0, 0.05) is 16.7 Å². The van der Waals surface area contributed by atoms with Crippen molar-refractivity contribution in [3.05, 3.63) is 228 Å². The highest BCUT2D eigenvalue weighted by atomic mass is 14.9. The predicted octanol–water partition coefficient (Wildman–Crippen LogP) is 13.1. The Bertz CT molecular complexity index is 2920. The van der Waals surface area contributed by atoms with Gasteiger partial charge >= 0.3 is 0 Å². The maximum absolute atomic E-state index is 5.69. The van der Waals surface area contributed by atoms with Crippen LogP contribution < -0.4 is 0 Å². The molecule has 1 unspecified atom stereocenters. The molecule has 11 rings (SSSR count). The first-order chi connectivity index (χ1) is 27.8. The summed E-state index contributed by atoms with van der Waals surface area (Å²) in [6.07, 6.45) is 3.29. The fourth-order valence-electron chi connectivity index (χ4n) is 9.50. The fraction of sp³-hybridized carbons (Fsp3) is 0.0741. The van der Waals surface area contributed by atoms with Crippen molar-refractivity contribution in [1.82, 2.24) is 9.97 Å². The minimum Gasteiger partial charge on any atom is -0.231 e. The van der Waals surface area contributed by atoms with Gasteiger partial charge < -0.3 is 0 Å². The molecule has 2 aliphatic rings. The van der Waals surface area contributed by atoms with Crippen LogP contribution in [0.25, 0.3) is 66.8 Å². The molecule has 2 heteroatoms. The maximum Gasteiger partial charge on any atom is 0.160 e. The van der Waals surface area contributed by atoms with Gasteiger partial charge in [0.1, 0.15) is 0 Å². The molecule has 0 aliphatic heterocycles. The fourth-order valence-corrected chi connectivity index (χ4v) is 9.50. The van der Waals surface area contributed by atoms with E-state index < -0.39 is 5.41 Å². The van der Waals surface area contributed by atoms with Gasteiger partial charge in [-0.15, -0.1) is 0 Å². The minimum absolute atomic E-state index is 0.628. The number of aromatic nitrogens is 2. The summed E-state index contributed by atoms with van der Waals surface area (Å²) in [5.41, 5.74) is 17.4. The van der Waals surface area contributed by atoms with Gasteiger partial charge in [0.2, 0.25) is 0 Å². The molecule has 56 heavy (non-hydrogen) atoms. The molecule has 8 aromatic carbocycles. The van der Waals surface area contributed by atoms with Crippen molar-refractivity contribution in [3.63, 3.8) is 0 Å². The second kappa shape index (κ2) is 13.1. The van der Waals surface area contributed by atoms with E-state index in [1.165, 1.54) is 66.4 Å². The second-order valence-corrected chi connectivity index (χ2v) is 15.1. The predicted molar refractivity (Wildman–Crippen MR) is 231 cm³/mol. The summed E-state index contributed by atoms with van der Waals surface area (Å²) in [6.45, 7) is 0. The highest BCUT2D eigenvalue weighted by Crippen LogP contribution is 2.64. The topological polar surface area (TPSA) is 25.8 Å². The molecule has 0 saturated carbocycles. The van der Waals surface area contributed by atoms with Crippen LogP contribution >= 0.6 is 0 Å². The van der Waals surface area contributed by atoms with Crippen LogP contribution in [-0.4, -0.2) is 9.97 Å². The maximum atomic E-state index is 5.69. The molecule has 0 fully saturated rings. The van der Waals surface area contributed by atoms with Crippen LogP contribution in [0.2, 0.25) is 0 Å². The average Bonchev–Trinajstić information content (AvgIpc) is 3.74. The van der Waals surface area contributed by atoms with E-state index in [0.29, 0.717) is 0 Å². The van der Waals surface area contributed by atoms with Gasteiger partial charge in [-0.3, -0.25) is 0 Å². The van der Waals surface area contributed by atoms with E-state index in [4.69, 9.17) is 9.97 Å². The van der Waals surface area contributed by atoms with Gasteiger partial charge in [-0.05, 0) is 91.7 Å². The summed E-state index contributed by atoms with van der Waals surface area (Å²) >= 11 is 0. The SMILES string of the molecule is c1ccc(CCCc2ccc(-c3ccc4c(c3)C3(c5ccccc5-4)c4ccccc4-c4c(-c5cccc6ccccc56)nc(-c5ccccc5)nc43)cc2)cc1. The molecule has 0 amide bonds. The third kappa shape index (κ3) is 5.03. The highest BCUT2D eigenvalue weighted by Gasteiger charge is 2.54. The second-order valence-electron chi connectivity index (χ2n) is 15.1. The molecule has 9 aromatic rings. The Hall–Kier alpha value is -6.90. The van der Waals surface area contributed by atoms with E-state index >= 15 is 0 Å². The van der Waals surface area contributed by atoms with Gasteiger partial charge in [0.05, 0.1) is 16.8 Å². The zero-order valence-corrected chi connectivity index (χ0v) is 31.0. The Labute approximate surface area is 327 Å². The Morgan fingerprint density at radius 3 is 1.79 bits per heavy atom. The smallest absolute Gasteiger partial charge is 0.160 e. The molecule has 0 saturated heterocycles. The molecule has 0 radical (unpaired) electrons.